The number of benzene rings is 1. The first-order chi connectivity index (χ1) is 7.81. The van der Waals surface area contributed by atoms with E-state index in [1.54, 1.807) is 0 Å². The van der Waals surface area contributed by atoms with Crippen LogP contribution in [0, 0.1) is 0 Å². The standard InChI is InChI=1S/C12H17N3O/c1-13-7-4-8-15-9-10-5-2-3-6-11(10)14-12(15)16/h2-3,5-6,13H,4,7-9H2,1H3,(H,14,16). The molecule has 0 bridgehead atoms. The van der Waals surface area contributed by atoms with Crippen LogP contribution >= 0.6 is 0 Å². The molecule has 1 aromatic carbocycles. The van der Waals surface area contributed by atoms with Crippen molar-refractivity contribution in [2.45, 2.75) is 13.0 Å². The topological polar surface area (TPSA) is 44.4 Å². The molecule has 0 saturated heterocycles. The molecule has 0 spiro atoms. The molecule has 0 aliphatic carbocycles. The number of para-hydroxylation sites is 1. The fourth-order valence-corrected chi connectivity index (χ4v) is 1.88. The van der Waals surface area contributed by atoms with E-state index in [0.717, 1.165) is 25.2 Å². The van der Waals surface area contributed by atoms with Crippen LogP contribution in [0.15, 0.2) is 24.3 Å². The first-order valence-electron chi connectivity index (χ1n) is 5.59. The SMILES string of the molecule is CNCCCN1Cc2ccccc2NC1=O. The summed E-state index contributed by atoms with van der Waals surface area (Å²) in [7, 11) is 1.92. The van der Waals surface area contributed by atoms with Gasteiger partial charge in [0.15, 0.2) is 0 Å². The van der Waals surface area contributed by atoms with Gasteiger partial charge < -0.3 is 15.5 Å². The van der Waals surface area contributed by atoms with Crippen molar-refractivity contribution in [2.24, 2.45) is 0 Å². The summed E-state index contributed by atoms with van der Waals surface area (Å²) < 4.78 is 0. The minimum atomic E-state index is 0.00908. The Balaban J connectivity index is 2.01. The smallest absolute Gasteiger partial charge is 0.320 e. The third-order valence-electron chi connectivity index (χ3n) is 2.76. The Morgan fingerprint density at radius 1 is 1.44 bits per heavy atom. The van der Waals surface area contributed by atoms with Crippen molar-refractivity contribution in [1.82, 2.24) is 10.2 Å². The highest BCUT2D eigenvalue weighted by atomic mass is 16.2. The van der Waals surface area contributed by atoms with Crippen molar-refractivity contribution in [1.29, 1.82) is 0 Å². The molecule has 1 aliphatic rings. The average Bonchev–Trinajstić information content (AvgIpc) is 2.30. The van der Waals surface area contributed by atoms with Crippen LogP contribution in [0.2, 0.25) is 0 Å². The van der Waals surface area contributed by atoms with Crippen LogP contribution < -0.4 is 10.6 Å². The predicted molar refractivity (Wildman–Crippen MR) is 64.4 cm³/mol. The summed E-state index contributed by atoms with van der Waals surface area (Å²) in [5.41, 5.74) is 2.13. The molecule has 1 aromatic rings. The summed E-state index contributed by atoms with van der Waals surface area (Å²) >= 11 is 0. The van der Waals surface area contributed by atoms with Gasteiger partial charge in [0.05, 0.1) is 0 Å². The highest BCUT2D eigenvalue weighted by Crippen LogP contribution is 2.22. The highest BCUT2D eigenvalue weighted by Gasteiger charge is 2.20. The van der Waals surface area contributed by atoms with Crippen LogP contribution in [0.3, 0.4) is 0 Å². The minimum absolute atomic E-state index is 0.00908. The van der Waals surface area contributed by atoms with Crippen LogP contribution in [-0.2, 0) is 6.54 Å². The number of nitrogens with zero attached hydrogens (tertiary/aromatic N) is 1. The van der Waals surface area contributed by atoms with Gasteiger partial charge in [0, 0.05) is 18.8 Å². The summed E-state index contributed by atoms with van der Waals surface area (Å²) in [5.74, 6) is 0. The lowest BCUT2D eigenvalue weighted by molar-refractivity contribution is 0.206. The molecule has 1 aliphatic heterocycles. The number of anilines is 1. The van der Waals surface area contributed by atoms with Gasteiger partial charge in [-0.3, -0.25) is 0 Å². The lowest BCUT2D eigenvalue weighted by Gasteiger charge is -2.29. The van der Waals surface area contributed by atoms with E-state index in [1.165, 1.54) is 5.56 Å². The molecule has 4 nitrogen and oxygen atoms in total. The number of nitrogens with one attached hydrogen (secondary N) is 2. The van der Waals surface area contributed by atoms with Crippen LogP contribution in [0.5, 0.6) is 0 Å². The quantitative estimate of drug-likeness (QED) is 0.756. The van der Waals surface area contributed by atoms with Gasteiger partial charge in [-0.15, -0.1) is 0 Å². The number of urea groups is 1. The Bertz CT molecular complexity index is 378. The van der Waals surface area contributed by atoms with E-state index in [4.69, 9.17) is 0 Å². The maximum absolute atomic E-state index is 11.7. The van der Waals surface area contributed by atoms with Gasteiger partial charge in [0.1, 0.15) is 0 Å². The molecule has 0 radical (unpaired) electrons. The van der Waals surface area contributed by atoms with Crippen molar-refractivity contribution in [3.8, 4) is 0 Å². The summed E-state index contributed by atoms with van der Waals surface area (Å²) in [6, 6.07) is 7.95. The number of hydrogen-bond donors (Lipinski definition) is 2. The van der Waals surface area contributed by atoms with Gasteiger partial charge in [-0.05, 0) is 31.6 Å². The zero-order chi connectivity index (χ0) is 11.4. The highest BCUT2D eigenvalue weighted by molar-refractivity contribution is 5.92. The Labute approximate surface area is 95.6 Å². The number of carbonyl (C=O) groups excluding carboxylic acids is 1. The Hall–Kier alpha value is -1.55. The molecule has 2 N–H and O–H groups in total. The maximum Gasteiger partial charge on any atom is 0.322 e. The molecule has 0 saturated carbocycles. The normalized spacial score (nSPS) is 14.6. The average molecular weight is 219 g/mol. The van der Waals surface area contributed by atoms with Crippen LogP contribution in [0.25, 0.3) is 0 Å². The lowest BCUT2D eigenvalue weighted by Crippen LogP contribution is -2.39. The molecule has 2 rings (SSSR count). The lowest BCUT2D eigenvalue weighted by atomic mass is 10.1. The molecule has 0 fully saturated rings. The maximum atomic E-state index is 11.7. The summed E-state index contributed by atoms with van der Waals surface area (Å²) in [5, 5.41) is 5.99. The Kier molecular flexibility index (Phi) is 3.41. The molecule has 0 unspecified atom stereocenters. The number of fused-ring (bicyclic) bond motifs is 1. The van der Waals surface area contributed by atoms with Crippen LogP contribution in [-0.4, -0.2) is 31.1 Å². The van der Waals surface area contributed by atoms with Crippen molar-refractivity contribution < 1.29 is 4.79 Å². The molecule has 0 atom stereocenters. The largest absolute Gasteiger partial charge is 0.322 e. The molecule has 86 valence electrons. The second kappa shape index (κ2) is 4.99. The number of carbonyl (C=O) groups is 1. The summed E-state index contributed by atoms with van der Waals surface area (Å²) in [6.45, 7) is 2.44. The Morgan fingerprint density at radius 2 is 2.25 bits per heavy atom. The Morgan fingerprint density at radius 3 is 3.06 bits per heavy atom. The first-order valence-corrected chi connectivity index (χ1v) is 5.59. The second-order valence-corrected chi connectivity index (χ2v) is 3.97. The molecular formula is C12H17N3O. The van der Waals surface area contributed by atoms with E-state index in [0.29, 0.717) is 6.54 Å². The van der Waals surface area contributed by atoms with Crippen LogP contribution in [0.1, 0.15) is 12.0 Å². The predicted octanol–water partition coefficient (Wildman–Crippen LogP) is 1.64. The zero-order valence-corrected chi connectivity index (χ0v) is 9.49. The molecule has 2 amide bonds. The van der Waals surface area contributed by atoms with Crippen LogP contribution in [0.4, 0.5) is 10.5 Å². The molecule has 0 aromatic heterocycles. The number of hydrogen-bond acceptors (Lipinski definition) is 2. The summed E-state index contributed by atoms with van der Waals surface area (Å²) in [6.07, 6.45) is 0.978. The first kappa shape index (κ1) is 11.0. The zero-order valence-electron chi connectivity index (χ0n) is 9.49. The van der Waals surface area contributed by atoms with E-state index in [2.05, 4.69) is 16.7 Å². The third-order valence-corrected chi connectivity index (χ3v) is 2.76. The van der Waals surface area contributed by atoms with Gasteiger partial charge in [0.2, 0.25) is 0 Å². The summed E-state index contributed by atoms with van der Waals surface area (Å²) in [4.78, 5) is 13.6. The second-order valence-electron chi connectivity index (χ2n) is 3.97. The molecule has 4 heteroatoms. The van der Waals surface area contributed by atoms with Gasteiger partial charge in [-0.2, -0.15) is 0 Å². The van der Waals surface area contributed by atoms with Crippen molar-refractivity contribution in [2.75, 3.05) is 25.5 Å². The fourth-order valence-electron chi connectivity index (χ4n) is 1.88. The molecular weight excluding hydrogens is 202 g/mol. The van der Waals surface area contributed by atoms with E-state index in [-0.39, 0.29) is 6.03 Å². The van der Waals surface area contributed by atoms with E-state index in [9.17, 15) is 4.79 Å². The van der Waals surface area contributed by atoms with Crippen molar-refractivity contribution in [3.05, 3.63) is 29.8 Å². The number of rotatable bonds is 4. The molecule has 1 heterocycles. The monoisotopic (exact) mass is 219 g/mol. The fraction of sp³-hybridized carbons (Fsp3) is 0.417. The van der Waals surface area contributed by atoms with E-state index < -0.39 is 0 Å². The third kappa shape index (κ3) is 2.33. The van der Waals surface area contributed by atoms with Gasteiger partial charge in [-0.25, -0.2) is 4.79 Å². The van der Waals surface area contributed by atoms with Gasteiger partial charge >= 0.3 is 6.03 Å². The molecule has 16 heavy (non-hydrogen) atoms. The van der Waals surface area contributed by atoms with E-state index >= 15 is 0 Å². The van der Waals surface area contributed by atoms with E-state index in [1.807, 2.05) is 30.1 Å². The van der Waals surface area contributed by atoms with Crippen molar-refractivity contribution in [3.63, 3.8) is 0 Å². The minimum Gasteiger partial charge on any atom is -0.320 e. The van der Waals surface area contributed by atoms with Gasteiger partial charge in [-0.1, -0.05) is 18.2 Å². The number of amides is 2. The van der Waals surface area contributed by atoms with Gasteiger partial charge in [0.25, 0.3) is 0 Å². The van der Waals surface area contributed by atoms with Crippen molar-refractivity contribution >= 4 is 11.7 Å².